The lowest BCUT2D eigenvalue weighted by molar-refractivity contribution is -0.126. The van der Waals surface area contributed by atoms with Crippen molar-refractivity contribution in [3.63, 3.8) is 0 Å². The number of rotatable bonds is 6. The van der Waals surface area contributed by atoms with Crippen molar-refractivity contribution < 1.29 is 18.0 Å². The first kappa shape index (κ1) is 19.6. The summed E-state index contributed by atoms with van der Waals surface area (Å²) >= 11 is 0. The Morgan fingerprint density at radius 2 is 1.85 bits per heavy atom. The van der Waals surface area contributed by atoms with Crippen molar-refractivity contribution in [2.45, 2.75) is 43.0 Å². The number of piperidine rings is 1. The van der Waals surface area contributed by atoms with Crippen LogP contribution < -0.4 is 15.8 Å². The zero-order valence-electron chi connectivity index (χ0n) is 15.2. The van der Waals surface area contributed by atoms with Gasteiger partial charge in [-0.2, -0.15) is 0 Å². The lowest BCUT2D eigenvalue weighted by atomic mass is 9.97. The topological polar surface area (TPSA) is 122 Å². The normalized spacial score (nSPS) is 20.2. The Kier molecular flexibility index (Phi) is 6.01. The lowest BCUT2D eigenvalue weighted by Crippen LogP contribution is -2.49. The first-order valence-electron chi connectivity index (χ1n) is 9.28. The van der Waals surface area contributed by atoms with Crippen LogP contribution in [-0.2, 0) is 21.2 Å². The Balaban J connectivity index is 1.43. The number of likely N-dealkylation sites (tertiary alicyclic amines) is 1. The van der Waals surface area contributed by atoms with Gasteiger partial charge in [-0.1, -0.05) is 12.1 Å². The molecule has 27 heavy (non-hydrogen) atoms. The molecule has 0 radical (unpaired) electrons. The number of urea groups is 1. The minimum Gasteiger partial charge on any atom is -0.355 e. The van der Waals surface area contributed by atoms with Gasteiger partial charge in [-0.15, -0.1) is 0 Å². The highest BCUT2D eigenvalue weighted by Crippen LogP contribution is 2.21. The average molecular weight is 394 g/mol. The second kappa shape index (κ2) is 8.26. The average Bonchev–Trinajstić information content (AvgIpc) is 3.45. The largest absolute Gasteiger partial charge is 0.355 e. The SMILES string of the molecule is NS(=O)(=O)c1ccc(CCNC(=O)C2CCCN(C(=O)NC3CC3)C2)cc1. The predicted molar refractivity (Wildman–Crippen MR) is 100 cm³/mol. The number of nitrogens with two attached hydrogens (primary N) is 1. The number of primary sulfonamides is 1. The van der Waals surface area contributed by atoms with E-state index in [1.54, 1.807) is 17.0 Å². The Hall–Kier alpha value is -2.13. The highest BCUT2D eigenvalue weighted by Gasteiger charge is 2.31. The molecule has 2 aliphatic rings. The fourth-order valence-electron chi connectivity index (χ4n) is 3.19. The molecule has 1 aliphatic carbocycles. The quantitative estimate of drug-likeness (QED) is 0.653. The second-order valence-electron chi connectivity index (χ2n) is 7.24. The van der Waals surface area contributed by atoms with Crippen LogP contribution in [0.5, 0.6) is 0 Å². The maximum absolute atomic E-state index is 12.4. The molecule has 1 aromatic rings. The van der Waals surface area contributed by atoms with Crippen molar-refractivity contribution in [2.75, 3.05) is 19.6 Å². The highest BCUT2D eigenvalue weighted by molar-refractivity contribution is 7.89. The number of amides is 3. The molecule has 1 aliphatic heterocycles. The number of hydrogen-bond acceptors (Lipinski definition) is 4. The van der Waals surface area contributed by atoms with Crippen molar-refractivity contribution >= 4 is 22.0 Å². The smallest absolute Gasteiger partial charge is 0.317 e. The molecule has 1 saturated heterocycles. The monoisotopic (exact) mass is 394 g/mol. The molecule has 1 heterocycles. The van der Waals surface area contributed by atoms with Gasteiger partial charge in [-0.05, 0) is 49.8 Å². The molecule has 8 nitrogen and oxygen atoms in total. The van der Waals surface area contributed by atoms with E-state index in [0.29, 0.717) is 32.1 Å². The third kappa shape index (κ3) is 5.67. The standard InChI is InChI=1S/C18H26N4O4S/c19-27(25,26)16-7-3-13(4-8-16)9-10-20-17(23)14-2-1-11-22(12-14)18(24)21-15-5-6-15/h3-4,7-8,14-15H,1-2,5-6,9-12H2,(H,20,23)(H,21,24)(H2,19,25,26). The summed E-state index contributed by atoms with van der Waals surface area (Å²) in [5.74, 6) is -0.228. The van der Waals surface area contributed by atoms with Gasteiger partial charge in [-0.25, -0.2) is 18.4 Å². The van der Waals surface area contributed by atoms with E-state index in [2.05, 4.69) is 10.6 Å². The van der Waals surface area contributed by atoms with Crippen molar-refractivity contribution in [3.8, 4) is 0 Å². The molecule has 1 saturated carbocycles. The van der Waals surface area contributed by atoms with Gasteiger partial charge in [0.1, 0.15) is 0 Å². The van der Waals surface area contributed by atoms with E-state index < -0.39 is 10.0 Å². The first-order chi connectivity index (χ1) is 12.8. The second-order valence-corrected chi connectivity index (χ2v) is 8.80. The highest BCUT2D eigenvalue weighted by atomic mass is 32.2. The minimum absolute atomic E-state index is 0.0416. The van der Waals surface area contributed by atoms with E-state index in [4.69, 9.17) is 5.14 Å². The van der Waals surface area contributed by atoms with Gasteiger partial charge in [0.05, 0.1) is 10.8 Å². The Morgan fingerprint density at radius 3 is 2.48 bits per heavy atom. The molecule has 2 fully saturated rings. The Labute approximate surface area is 159 Å². The van der Waals surface area contributed by atoms with Gasteiger partial charge in [0.2, 0.25) is 15.9 Å². The van der Waals surface area contributed by atoms with E-state index in [-0.39, 0.29) is 22.8 Å². The van der Waals surface area contributed by atoms with Crippen LogP contribution in [-0.4, -0.2) is 50.9 Å². The van der Waals surface area contributed by atoms with Crippen LogP contribution in [0.4, 0.5) is 4.79 Å². The number of sulfonamides is 1. The van der Waals surface area contributed by atoms with Crippen molar-refractivity contribution in [1.29, 1.82) is 0 Å². The maximum atomic E-state index is 12.4. The van der Waals surface area contributed by atoms with E-state index in [1.807, 2.05) is 0 Å². The number of nitrogens with zero attached hydrogens (tertiary/aromatic N) is 1. The Bertz CT molecular complexity index is 790. The van der Waals surface area contributed by atoms with Crippen molar-refractivity contribution in [1.82, 2.24) is 15.5 Å². The van der Waals surface area contributed by atoms with Gasteiger partial charge < -0.3 is 15.5 Å². The summed E-state index contributed by atoms with van der Waals surface area (Å²) in [5.41, 5.74) is 0.914. The summed E-state index contributed by atoms with van der Waals surface area (Å²) in [6.07, 6.45) is 4.28. The van der Waals surface area contributed by atoms with E-state index in [0.717, 1.165) is 31.2 Å². The van der Waals surface area contributed by atoms with Gasteiger partial charge in [-0.3, -0.25) is 4.79 Å². The number of benzene rings is 1. The zero-order chi connectivity index (χ0) is 19.4. The predicted octanol–water partition coefficient (Wildman–Crippen LogP) is 0.577. The third-order valence-electron chi connectivity index (χ3n) is 4.95. The zero-order valence-corrected chi connectivity index (χ0v) is 16.0. The van der Waals surface area contributed by atoms with Gasteiger partial charge in [0.25, 0.3) is 0 Å². The van der Waals surface area contributed by atoms with E-state index in [9.17, 15) is 18.0 Å². The third-order valence-corrected chi connectivity index (χ3v) is 5.88. The van der Waals surface area contributed by atoms with Gasteiger partial charge in [0, 0.05) is 25.7 Å². The molecule has 0 bridgehead atoms. The molecule has 4 N–H and O–H groups in total. The molecule has 0 aromatic heterocycles. The molecule has 1 unspecified atom stereocenters. The molecule has 0 spiro atoms. The summed E-state index contributed by atoms with van der Waals surface area (Å²) < 4.78 is 22.5. The fraction of sp³-hybridized carbons (Fsp3) is 0.556. The van der Waals surface area contributed by atoms with Crippen LogP contribution in [0.15, 0.2) is 29.2 Å². The molecule has 1 aromatic carbocycles. The minimum atomic E-state index is -3.69. The molecule has 3 amide bonds. The van der Waals surface area contributed by atoms with E-state index >= 15 is 0 Å². The number of nitrogens with one attached hydrogen (secondary N) is 2. The molecule has 3 rings (SSSR count). The summed E-state index contributed by atoms with van der Waals surface area (Å²) in [4.78, 5) is 26.4. The van der Waals surface area contributed by atoms with Gasteiger partial charge >= 0.3 is 6.03 Å². The number of carbonyl (C=O) groups excluding carboxylic acids is 2. The molecular formula is C18H26N4O4S. The molecule has 9 heteroatoms. The maximum Gasteiger partial charge on any atom is 0.317 e. The fourth-order valence-corrected chi connectivity index (χ4v) is 3.70. The first-order valence-corrected chi connectivity index (χ1v) is 10.8. The van der Waals surface area contributed by atoms with Crippen LogP contribution in [0.1, 0.15) is 31.2 Å². The van der Waals surface area contributed by atoms with Crippen molar-refractivity contribution in [2.24, 2.45) is 11.1 Å². The van der Waals surface area contributed by atoms with Crippen LogP contribution in [0.25, 0.3) is 0 Å². The van der Waals surface area contributed by atoms with Gasteiger partial charge in [0.15, 0.2) is 0 Å². The summed E-state index contributed by atoms with van der Waals surface area (Å²) in [6.45, 7) is 1.60. The molecule has 148 valence electrons. The van der Waals surface area contributed by atoms with Crippen LogP contribution in [0.3, 0.4) is 0 Å². The summed E-state index contributed by atoms with van der Waals surface area (Å²) in [7, 11) is -3.69. The van der Waals surface area contributed by atoms with E-state index in [1.165, 1.54) is 12.1 Å². The number of hydrogen-bond donors (Lipinski definition) is 3. The van der Waals surface area contributed by atoms with Crippen LogP contribution in [0.2, 0.25) is 0 Å². The number of carbonyl (C=O) groups is 2. The van der Waals surface area contributed by atoms with Crippen LogP contribution in [0, 0.1) is 5.92 Å². The van der Waals surface area contributed by atoms with Crippen LogP contribution >= 0.6 is 0 Å². The molecular weight excluding hydrogens is 368 g/mol. The lowest BCUT2D eigenvalue weighted by Gasteiger charge is -2.32. The summed E-state index contributed by atoms with van der Waals surface area (Å²) in [6, 6.07) is 6.55. The Morgan fingerprint density at radius 1 is 1.15 bits per heavy atom. The van der Waals surface area contributed by atoms with Crippen molar-refractivity contribution in [3.05, 3.63) is 29.8 Å². The summed E-state index contributed by atoms with van der Waals surface area (Å²) in [5, 5.41) is 11.0. The molecule has 1 atom stereocenters.